The summed E-state index contributed by atoms with van der Waals surface area (Å²) in [4.78, 5) is 33.4. The number of nitrogens with one attached hydrogen (secondary N) is 1. The molecule has 3 rings (SSSR count). The van der Waals surface area contributed by atoms with Crippen LogP contribution in [-0.2, 0) is 17.6 Å². The number of amides is 1. The van der Waals surface area contributed by atoms with Crippen LogP contribution in [0, 0.1) is 12.3 Å². The van der Waals surface area contributed by atoms with Crippen LogP contribution in [0.25, 0.3) is 0 Å². The van der Waals surface area contributed by atoms with Crippen LogP contribution in [-0.4, -0.2) is 26.8 Å². The number of anilines is 1. The summed E-state index contributed by atoms with van der Waals surface area (Å²) in [5.74, 6) is 1.13. The van der Waals surface area contributed by atoms with Crippen molar-refractivity contribution in [3.05, 3.63) is 22.3 Å². The van der Waals surface area contributed by atoms with Crippen LogP contribution < -0.4 is 5.32 Å². The lowest BCUT2D eigenvalue weighted by atomic mass is 9.78. The van der Waals surface area contributed by atoms with E-state index in [1.165, 1.54) is 11.3 Å². The molecule has 1 N–H and O–H groups in total. The molecule has 8 heteroatoms. The molecule has 0 aliphatic heterocycles. The second-order valence-corrected chi connectivity index (χ2v) is 7.87. The molecule has 2 aromatic rings. The first kappa shape index (κ1) is 16.8. The van der Waals surface area contributed by atoms with E-state index in [0.717, 1.165) is 12.1 Å². The van der Waals surface area contributed by atoms with Gasteiger partial charge in [-0.15, -0.1) is 0 Å². The average Bonchev–Trinajstić information content (AvgIpc) is 3.04. The summed E-state index contributed by atoms with van der Waals surface area (Å²) in [6.07, 6.45) is 2.81. The Hall–Kier alpha value is -2.09. The standard InChI is InChI=1S/C16H20N4O3S/c1-9-17-13(23-20-9)6-4-5-12(22)19-15-18-10-7-16(2,3)8-11(21)14(10)24-15/h4-8H2,1-3H3,(H,18,19,22). The molecule has 0 saturated heterocycles. The number of aryl methyl sites for hydroxylation is 2. The fourth-order valence-corrected chi connectivity index (χ4v) is 3.73. The van der Waals surface area contributed by atoms with Gasteiger partial charge >= 0.3 is 0 Å². The zero-order valence-corrected chi connectivity index (χ0v) is 14.8. The summed E-state index contributed by atoms with van der Waals surface area (Å²) in [5.41, 5.74) is 0.736. The van der Waals surface area contributed by atoms with Crippen LogP contribution in [0.1, 0.15) is 60.2 Å². The van der Waals surface area contributed by atoms with Gasteiger partial charge in [-0.25, -0.2) is 4.98 Å². The quantitative estimate of drug-likeness (QED) is 0.892. The first-order valence-corrected chi connectivity index (χ1v) is 8.76. The summed E-state index contributed by atoms with van der Waals surface area (Å²) >= 11 is 1.27. The van der Waals surface area contributed by atoms with Crippen molar-refractivity contribution in [2.24, 2.45) is 5.41 Å². The maximum Gasteiger partial charge on any atom is 0.226 e. The number of rotatable bonds is 5. The van der Waals surface area contributed by atoms with Gasteiger partial charge < -0.3 is 9.84 Å². The molecule has 1 amide bonds. The van der Waals surface area contributed by atoms with Crippen molar-refractivity contribution in [1.29, 1.82) is 0 Å². The van der Waals surface area contributed by atoms with Gasteiger partial charge in [-0.1, -0.05) is 30.3 Å². The highest BCUT2D eigenvalue weighted by molar-refractivity contribution is 7.17. The number of hydrogen-bond donors (Lipinski definition) is 1. The third kappa shape index (κ3) is 3.87. The minimum Gasteiger partial charge on any atom is -0.339 e. The van der Waals surface area contributed by atoms with Crippen LogP contribution in [0.5, 0.6) is 0 Å². The molecule has 0 atom stereocenters. The lowest BCUT2D eigenvalue weighted by Gasteiger charge is -2.26. The maximum absolute atomic E-state index is 12.2. The predicted molar refractivity (Wildman–Crippen MR) is 89.1 cm³/mol. The number of aromatic nitrogens is 3. The van der Waals surface area contributed by atoms with E-state index >= 15 is 0 Å². The fourth-order valence-electron chi connectivity index (χ4n) is 2.80. The monoisotopic (exact) mass is 348 g/mol. The number of thiazole rings is 1. The second-order valence-electron chi connectivity index (χ2n) is 6.87. The van der Waals surface area contributed by atoms with Crippen molar-refractivity contribution in [3.8, 4) is 0 Å². The number of nitrogens with zero attached hydrogens (tertiary/aromatic N) is 3. The molecule has 24 heavy (non-hydrogen) atoms. The zero-order valence-electron chi connectivity index (χ0n) is 14.0. The van der Waals surface area contributed by atoms with E-state index in [-0.39, 0.29) is 17.1 Å². The van der Waals surface area contributed by atoms with Crippen LogP contribution in [0.4, 0.5) is 5.13 Å². The number of carbonyl (C=O) groups is 2. The van der Waals surface area contributed by atoms with Crippen molar-refractivity contribution >= 4 is 28.2 Å². The SMILES string of the molecule is Cc1noc(CCCC(=O)Nc2nc3c(s2)C(=O)CC(C)(C)C3)n1. The molecule has 2 heterocycles. The highest BCUT2D eigenvalue weighted by Crippen LogP contribution is 2.38. The zero-order chi connectivity index (χ0) is 17.3. The van der Waals surface area contributed by atoms with E-state index < -0.39 is 0 Å². The fraction of sp³-hybridized carbons (Fsp3) is 0.562. The van der Waals surface area contributed by atoms with Gasteiger partial charge in [0.15, 0.2) is 16.7 Å². The molecule has 1 aliphatic carbocycles. The minimum absolute atomic E-state index is 0.0678. The van der Waals surface area contributed by atoms with Crippen LogP contribution in [0.3, 0.4) is 0 Å². The van der Waals surface area contributed by atoms with E-state index in [1.807, 2.05) is 0 Å². The smallest absolute Gasteiger partial charge is 0.226 e. The van der Waals surface area contributed by atoms with Gasteiger partial charge in [0.05, 0.1) is 10.6 Å². The molecular weight excluding hydrogens is 328 g/mol. The van der Waals surface area contributed by atoms with Crippen LogP contribution in [0.15, 0.2) is 4.52 Å². The van der Waals surface area contributed by atoms with Crippen molar-refractivity contribution < 1.29 is 14.1 Å². The van der Waals surface area contributed by atoms with Gasteiger partial charge in [0.25, 0.3) is 0 Å². The Morgan fingerprint density at radius 1 is 1.33 bits per heavy atom. The molecule has 7 nitrogen and oxygen atoms in total. The summed E-state index contributed by atoms with van der Waals surface area (Å²) in [6.45, 7) is 5.88. The molecule has 0 radical (unpaired) electrons. The summed E-state index contributed by atoms with van der Waals surface area (Å²) in [5, 5.41) is 7.00. The van der Waals surface area contributed by atoms with Crippen molar-refractivity contribution in [2.75, 3.05) is 5.32 Å². The highest BCUT2D eigenvalue weighted by atomic mass is 32.1. The summed E-state index contributed by atoms with van der Waals surface area (Å²) in [6, 6.07) is 0. The Morgan fingerprint density at radius 2 is 2.12 bits per heavy atom. The third-order valence-corrected chi connectivity index (χ3v) is 4.90. The predicted octanol–water partition coefficient (Wildman–Crippen LogP) is 2.95. The summed E-state index contributed by atoms with van der Waals surface area (Å²) in [7, 11) is 0. The molecule has 2 aromatic heterocycles. The molecule has 0 unspecified atom stereocenters. The van der Waals surface area contributed by atoms with Crippen molar-refractivity contribution in [1.82, 2.24) is 15.1 Å². The molecule has 0 fully saturated rings. The Kier molecular flexibility index (Phi) is 4.49. The average molecular weight is 348 g/mol. The van der Waals surface area contributed by atoms with E-state index in [1.54, 1.807) is 6.92 Å². The topological polar surface area (TPSA) is 98.0 Å². The molecule has 1 aliphatic rings. The van der Waals surface area contributed by atoms with Gasteiger partial charge in [0.1, 0.15) is 0 Å². The first-order chi connectivity index (χ1) is 11.3. The van der Waals surface area contributed by atoms with E-state index in [0.29, 0.717) is 47.4 Å². The minimum atomic E-state index is -0.121. The van der Waals surface area contributed by atoms with Gasteiger partial charge in [0.2, 0.25) is 11.8 Å². The Balaban J connectivity index is 1.55. The molecule has 0 spiro atoms. The number of Topliss-reactive ketones (excluding diaryl/α,β-unsaturated/α-hetero) is 1. The van der Waals surface area contributed by atoms with Crippen molar-refractivity contribution in [2.45, 2.75) is 52.9 Å². The van der Waals surface area contributed by atoms with E-state index in [4.69, 9.17) is 4.52 Å². The highest BCUT2D eigenvalue weighted by Gasteiger charge is 2.34. The second kappa shape index (κ2) is 6.43. The number of hydrogen-bond acceptors (Lipinski definition) is 7. The molecule has 0 bridgehead atoms. The molecular formula is C16H20N4O3S. The van der Waals surface area contributed by atoms with Crippen LogP contribution >= 0.6 is 11.3 Å². The van der Waals surface area contributed by atoms with Crippen molar-refractivity contribution in [3.63, 3.8) is 0 Å². The Morgan fingerprint density at radius 3 is 2.83 bits per heavy atom. The first-order valence-electron chi connectivity index (χ1n) is 7.94. The maximum atomic E-state index is 12.2. The Bertz CT molecular complexity index is 778. The largest absolute Gasteiger partial charge is 0.339 e. The Labute approximate surface area is 143 Å². The van der Waals surface area contributed by atoms with Gasteiger partial charge in [-0.2, -0.15) is 4.98 Å². The van der Waals surface area contributed by atoms with Gasteiger partial charge in [-0.05, 0) is 25.2 Å². The number of carbonyl (C=O) groups excluding carboxylic acids is 2. The van der Waals surface area contributed by atoms with E-state index in [9.17, 15) is 9.59 Å². The molecule has 0 aromatic carbocycles. The molecule has 0 saturated carbocycles. The van der Waals surface area contributed by atoms with Gasteiger partial charge in [-0.3, -0.25) is 9.59 Å². The number of fused-ring (bicyclic) bond motifs is 1. The van der Waals surface area contributed by atoms with E-state index in [2.05, 4.69) is 34.3 Å². The van der Waals surface area contributed by atoms with Crippen LogP contribution in [0.2, 0.25) is 0 Å². The normalized spacial score (nSPS) is 16.0. The number of ketones is 1. The van der Waals surface area contributed by atoms with Gasteiger partial charge in [0, 0.05) is 19.3 Å². The third-order valence-electron chi connectivity index (χ3n) is 3.85. The molecule has 128 valence electrons. The summed E-state index contributed by atoms with van der Waals surface area (Å²) < 4.78 is 5.01. The lowest BCUT2D eigenvalue weighted by molar-refractivity contribution is -0.116. The lowest BCUT2D eigenvalue weighted by Crippen LogP contribution is -2.26.